The van der Waals surface area contributed by atoms with Crippen LogP contribution in [-0.2, 0) is 26.5 Å². The molecule has 3 aromatic heterocycles. The first kappa shape index (κ1) is 40.4. The van der Waals surface area contributed by atoms with E-state index in [9.17, 15) is 0 Å². The van der Waals surface area contributed by atoms with Crippen LogP contribution in [0.15, 0.2) is 193 Å². The number of furan rings is 1. The molecule has 0 bridgehead atoms. The Morgan fingerprint density at radius 2 is 1.23 bits per heavy atom. The maximum absolute atomic E-state index is 7.03. The van der Waals surface area contributed by atoms with Gasteiger partial charge < -0.3 is 23.5 Å². The van der Waals surface area contributed by atoms with Gasteiger partial charge in [0.05, 0.1) is 0 Å². The molecule has 0 amide bonds. The SMILES string of the molecule is CC(C)(C)c1ccnc(-n2c3[c-]c(Oc4[c-]c(N5[CH-]N(c6c(-c7ccccc7)cccc6-c6ccccc6)c6ccccc65)ccc4)c4c5ccccc5oc4c3c3ccccc32)c1.[Pt]. The summed E-state index contributed by atoms with van der Waals surface area (Å²) in [7, 11) is 0. The van der Waals surface area contributed by atoms with Crippen molar-refractivity contribution < 1.29 is 30.2 Å². The number of benzene rings is 8. The van der Waals surface area contributed by atoms with E-state index in [1.165, 1.54) is 5.56 Å². The van der Waals surface area contributed by atoms with Crippen LogP contribution in [0.2, 0.25) is 0 Å². The predicted molar refractivity (Wildman–Crippen MR) is 261 cm³/mol. The van der Waals surface area contributed by atoms with Crippen molar-refractivity contribution in [1.29, 1.82) is 0 Å². The maximum atomic E-state index is 7.03. The normalized spacial score (nSPS) is 12.6. The second-order valence-corrected chi connectivity index (χ2v) is 17.3. The third kappa shape index (κ3) is 6.79. The number of rotatable bonds is 7. The van der Waals surface area contributed by atoms with Crippen LogP contribution in [0.25, 0.3) is 71.8 Å². The van der Waals surface area contributed by atoms with E-state index >= 15 is 0 Å². The molecule has 318 valence electrons. The fourth-order valence-electron chi connectivity index (χ4n) is 9.26. The van der Waals surface area contributed by atoms with Gasteiger partial charge in [-0.2, -0.15) is 6.07 Å². The van der Waals surface area contributed by atoms with Crippen LogP contribution in [0, 0.1) is 18.8 Å². The van der Waals surface area contributed by atoms with E-state index in [1.807, 2.05) is 36.5 Å². The van der Waals surface area contributed by atoms with Gasteiger partial charge in [-0.15, -0.1) is 36.6 Å². The van der Waals surface area contributed by atoms with Gasteiger partial charge in [0, 0.05) is 78.0 Å². The van der Waals surface area contributed by atoms with Gasteiger partial charge >= 0.3 is 0 Å². The van der Waals surface area contributed by atoms with Gasteiger partial charge in [-0.3, -0.25) is 0 Å². The summed E-state index contributed by atoms with van der Waals surface area (Å²) in [6, 6.07) is 70.6. The molecule has 0 radical (unpaired) electrons. The predicted octanol–water partition coefficient (Wildman–Crippen LogP) is 15.5. The van der Waals surface area contributed by atoms with Crippen molar-refractivity contribution in [2.75, 3.05) is 9.80 Å². The quantitative estimate of drug-likeness (QED) is 0.149. The van der Waals surface area contributed by atoms with Crippen LogP contribution < -0.4 is 14.5 Å². The number of nitrogens with zero attached hydrogens (tertiary/aromatic N) is 4. The van der Waals surface area contributed by atoms with Crippen molar-refractivity contribution >= 4 is 66.5 Å². The smallest absolute Gasteiger partial charge is 0.135 e. The van der Waals surface area contributed by atoms with Crippen molar-refractivity contribution in [2.24, 2.45) is 0 Å². The van der Waals surface area contributed by atoms with Gasteiger partial charge in [0.25, 0.3) is 0 Å². The van der Waals surface area contributed by atoms with Crippen LogP contribution in [0.4, 0.5) is 22.7 Å². The topological polar surface area (TPSA) is 46.7 Å². The van der Waals surface area contributed by atoms with Gasteiger partial charge in [-0.1, -0.05) is 159 Å². The molecule has 65 heavy (non-hydrogen) atoms. The number of hydrogen-bond acceptors (Lipinski definition) is 5. The third-order valence-electron chi connectivity index (χ3n) is 12.3. The number of ether oxygens (including phenoxy) is 1. The van der Waals surface area contributed by atoms with Crippen LogP contribution in [-0.4, -0.2) is 9.55 Å². The van der Waals surface area contributed by atoms with Crippen molar-refractivity contribution in [3.63, 3.8) is 0 Å². The summed E-state index contributed by atoms with van der Waals surface area (Å²) in [5.74, 6) is 1.91. The Hall–Kier alpha value is -7.40. The number of anilines is 4. The molecule has 0 saturated heterocycles. The van der Waals surface area contributed by atoms with Gasteiger partial charge in [-0.05, 0) is 74.7 Å². The molecule has 0 aliphatic carbocycles. The molecular weight excluding hydrogens is 980 g/mol. The zero-order chi connectivity index (χ0) is 42.9. The molecule has 1 aliphatic rings. The van der Waals surface area contributed by atoms with Crippen molar-refractivity contribution in [2.45, 2.75) is 26.2 Å². The Morgan fingerprint density at radius 3 is 1.95 bits per heavy atom. The molecule has 0 saturated carbocycles. The minimum Gasteiger partial charge on any atom is -0.508 e. The zero-order valence-corrected chi connectivity index (χ0v) is 38.2. The van der Waals surface area contributed by atoms with E-state index in [1.54, 1.807) is 0 Å². The van der Waals surface area contributed by atoms with E-state index in [0.29, 0.717) is 11.5 Å². The minimum atomic E-state index is -0.0684. The molecule has 6 nitrogen and oxygen atoms in total. The average molecular weight is 1020 g/mol. The number of hydrogen-bond donors (Lipinski definition) is 0. The molecule has 1 aliphatic heterocycles. The van der Waals surface area contributed by atoms with Crippen molar-refractivity contribution in [3.8, 4) is 39.6 Å². The molecule has 8 aromatic carbocycles. The first-order valence-electron chi connectivity index (χ1n) is 21.6. The van der Waals surface area contributed by atoms with Crippen molar-refractivity contribution in [3.05, 3.63) is 213 Å². The fraction of sp³-hybridized carbons (Fsp3) is 0.0690. The largest absolute Gasteiger partial charge is 0.508 e. The van der Waals surface area contributed by atoms with Crippen LogP contribution in [0.3, 0.4) is 0 Å². The van der Waals surface area contributed by atoms with Gasteiger partial charge in [-0.25, -0.2) is 4.98 Å². The molecule has 4 heterocycles. The van der Waals surface area contributed by atoms with E-state index < -0.39 is 0 Å². The number of para-hydroxylation sites is 5. The zero-order valence-electron chi connectivity index (χ0n) is 35.9. The summed E-state index contributed by atoms with van der Waals surface area (Å²) in [5, 5.41) is 3.83. The summed E-state index contributed by atoms with van der Waals surface area (Å²) >= 11 is 0. The molecule has 0 unspecified atom stereocenters. The Morgan fingerprint density at radius 1 is 0.600 bits per heavy atom. The molecule has 12 rings (SSSR count). The maximum Gasteiger partial charge on any atom is 0.135 e. The van der Waals surface area contributed by atoms with Crippen molar-refractivity contribution in [1.82, 2.24) is 9.55 Å². The first-order valence-corrected chi connectivity index (χ1v) is 21.6. The first-order chi connectivity index (χ1) is 31.4. The Balaban J connectivity index is 0.00000469. The molecule has 0 atom stereocenters. The summed E-state index contributed by atoms with van der Waals surface area (Å²) < 4.78 is 16.0. The van der Waals surface area contributed by atoms with E-state index in [-0.39, 0.29) is 26.5 Å². The monoisotopic (exact) mass is 1020 g/mol. The molecule has 0 fully saturated rings. The van der Waals surface area contributed by atoms with Crippen LogP contribution >= 0.6 is 0 Å². The third-order valence-corrected chi connectivity index (χ3v) is 12.3. The summed E-state index contributed by atoms with van der Waals surface area (Å²) in [4.78, 5) is 9.44. The summed E-state index contributed by atoms with van der Waals surface area (Å²) in [6.07, 6.45) is 1.89. The average Bonchev–Trinajstić information content (AvgIpc) is 4.02. The second-order valence-electron chi connectivity index (χ2n) is 17.3. The number of aromatic nitrogens is 2. The number of fused-ring (bicyclic) bond motifs is 8. The summed E-state index contributed by atoms with van der Waals surface area (Å²) in [6.45, 7) is 8.84. The second kappa shape index (κ2) is 16.0. The molecule has 11 aromatic rings. The van der Waals surface area contributed by atoms with E-state index in [2.05, 4.69) is 206 Å². The molecule has 0 N–H and O–H groups in total. The Bertz CT molecular complexity index is 3510. The summed E-state index contributed by atoms with van der Waals surface area (Å²) in [5.41, 5.74) is 13.0. The molecule has 7 heteroatoms. The minimum absolute atomic E-state index is 0. The van der Waals surface area contributed by atoms with Crippen LogP contribution in [0.1, 0.15) is 26.3 Å². The van der Waals surface area contributed by atoms with E-state index in [4.69, 9.17) is 14.1 Å². The fourth-order valence-corrected chi connectivity index (χ4v) is 9.26. The van der Waals surface area contributed by atoms with E-state index in [0.717, 1.165) is 94.6 Å². The van der Waals surface area contributed by atoms with Gasteiger partial charge in [0.2, 0.25) is 0 Å². The van der Waals surface area contributed by atoms with Gasteiger partial charge in [0.15, 0.2) is 0 Å². The number of pyridine rings is 1. The molecule has 0 spiro atoms. The molecular formula is C58H41N4O2Pt-3. The standard InChI is InChI=1S/C58H41N4O2.Pt/c1-58(2,3)40-32-33-59-53(34-40)62-47-28-12-10-24-45(47)54-50(62)36-52(55-46-25-11-15-31-51(46)64-57(54)55)63-42-23-16-22-41(35-42)60-37-61(49-30-14-13-29-48(49)60)56-43(38-18-6-4-7-19-38)26-17-27-44(56)39-20-8-5-9-21-39;/h4-34,37H,1-3H3;/q-3;. The van der Waals surface area contributed by atoms with Gasteiger partial charge in [0.1, 0.15) is 11.4 Å². The van der Waals surface area contributed by atoms with Crippen LogP contribution in [0.5, 0.6) is 11.5 Å². The Labute approximate surface area is 392 Å². The Kier molecular flexibility index (Phi) is 9.93.